The second-order valence-corrected chi connectivity index (χ2v) is 6.41. The molecule has 0 rings (SSSR count). The van der Waals surface area contributed by atoms with Crippen molar-refractivity contribution in [2.45, 2.75) is 54.3 Å². The number of Topliss-reactive ketones (excluding diaryl/α,β-unsaturated/α-hetero) is 2. The van der Waals surface area contributed by atoms with E-state index in [1.807, 2.05) is 0 Å². The molecule has 0 heterocycles. The first-order chi connectivity index (χ1) is 7.93. The van der Waals surface area contributed by atoms with Crippen molar-refractivity contribution in [3.05, 3.63) is 0 Å². The number of hydrogen-bond acceptors (Lipinski definition) is 4. The molecule has 0 atom stereocenters. The fourth-order valence-corrected chi connectivity index (χ4v) is 1.67. The Bertz CT molecular complexity index is 297. The number of rotatable bonds is 5. The molecule has 0 fully saturated rings. The third-order valence-electron chi connectivity index (χ3n) is 2.60. The Balaban J connectivity index is 0. The van der Waals surface area contributed by atoms with Gasteiger partial charge in [-0.1, -0.05) is 41.5 Å². The van der Waals surface area contributed by atoms with Crippen LogP contribution in [0.15, 0.2) is 0 Å². The van der Waals surface area contributed by atoms with E-state index in [0.717, 1.165) is 0 Å². The maximum absolute atomic E-state index is 12.5. The molecule has 0 aromatic rings. The normalized spacial score (nSPS) is 12.8. The molecule has 0 aliphatic rings. The average molecular weight is 348 g/mol. The predicted molar refractivity (Wildman–Crippen MR) is 78.8 cm³/mol. The topological polar surface area (TPSA) is 52.6 Å². The first kappa shape index (κ1) is 22.0. The molecule has 0 saturated heterocycles. The standard InChI is InChI=1S/C14H26O4.Sr.2H/c1-9-18-14(17-8,10(15)12(2,3)4)11(16)13(5,6)7;;;/h9H2,1-8H3;;;. The second kappa shape index (κ2) is 7.66. The van der Waals surface area contributed by atoms with Gasteiger partial charge in [-0.3, -0.25) is 9.59 Å². The molecule has 0 saturated carbocycles. The number of carbonyl (C=O) groups is 2. The molecule has 0 aromatic carbocycles. The maximum atomic E-state index is 12.5. The van der Waals surface area contributed by atoms with Crippen LogP contribution in [0, 0.1) is 10.8 Å². The summed E-state index contributed by atoms with van der Waals surface area (Å²) in [6, 6.07) is 0. The number of carbonyl (C=O) groups excluding carboxylic acids is 2. The van der Waals surface area contributed by atoms with Crippen LogP contribution in [0.1, 0.15) is 48.5 Å². The minimum absolute atomic E-state index is 0. The second-order valence-electron chi connectivity index (χ2n) is 6.41. The SMILES string of the molecule is CCOC(OC)(C(=O)C(C)(C)C)C(=O)C(C)(C)C.[SrH2]. The first-order valence-corrected chi connectivity index (χ1v) is 6.22. The fourth-order valence-electron chi connectivity index (χ4n) is 1.67. The molecule has 0 aliphatic carbocycles. The van der Waals surface area contributed by atoms with Gasteiger partial charge in [0, 0.05) is 24.5 Å². The molecule has 5 heteroatoms. The molecule has 0 bridgehead atoms. The average Bonchev–Trinajstić information content (AvgIpc) is 2.21. The van der Waals surface area contributed by atoms with Gasteiger partial charge in [-0.25, -0.2) is 0 Å². The molecule has 0 radical (unpaired) electrons. The summed E-state index contributed by atoms with van der Waals surface area (Å²) in [7, 11) is 1.34. The van der Waals surface area contributed by atoms with E-state index in [1.54, 1.807) is 48.5 Å². The van der Waals surface area contributed by atoms with E-state index in [4.69, 9.17) is 9.47 Å². The van der Waals surface area contributed by atoms with Crippen molar-refractivity contribution >= 4 is 57.0 Å². The zero-order chi connectivity index (χ0) is 14.8. The molecule has 0 N–H and O–H groups in total. The summed E-state index contributed by atoms with van der Waals surface area (Å²) in [5, 5.41) is 0. The Labute approximate surface area is 153 Å². The van der Waals surface area contributed by atoms with Gasteiger partial charge >= 0.3 is 45.5 Å². The van der Waals surface area contributed by atoms with Gasteiger partial charge in [0.15, 0.2) is 0 Å². The molecule has 19 heavy (non-hydrogen) atoms. The summed E-state index contributed by atoms with van der Waals surface area (Å²) in [6.07, 6.45) is 0. The van der Waals surface area contributed by atoms with Gasteiger partial charge in [-0.15, -0.1) is 0 Å². The molecule has 0 spiro atoms. The first-order valence-electron chi connectivity index (χ1n) is 6.22. The predicted octanol–water partition coefficient (Wildman–Crippen LogP) is 1.68. The van der Waals surface area contributed by atoms with Crippen LogP contribution >= 0.6 is 0 Å². The van der Waals surface area contributed by atoms with Gasteiger partial charge < -0.3 is 9.47 Å². The van der Waals surface area contributed by atoms with Crippen LogP contribution < -0.4 is 0 Å². The minimum atomic E-state index is -1.80. The van der Waals surface area contributed by atoms with E-state index in [-0.39, 0.29) is 63.7 Å². The molecule has 0 aliphatic heterocycles. The van der Waals surface area contributed by atoms with Crippen LogP contribution in [-0.4, -0.2) is 76.6 Å². The summed E-state index contributed by atoms with van der Waals surface area (Å²) < 4.78 is 10.7. The van der Waals surface area contributed by atoms with Crippen LogP contribution in [-0.2, 0) is 19.1 Å². The van der Waals surface area contributed by atoms with Crippen molar-refractivity contribution < 1.29 is 19.1 Å². The van der Waals surface area contributed by atoms with Crippen molar-refractivity contribution in [2.24, 2.45) is 10.8 Å². The van der Waals surface area contributed by atoms with Gasteiger partial charge in [0.1, 0.15) is 0 Å². The summed E-state index contributed by atoms with van der Waals surface area (Å²) in [5.41, 5.74) is -1.43. The zero-order valence-corrected chi connectivity index (χ0v) is 12.8. The molecule has 0 amide bonds. The molecule has 110 valence electrons. The number of hydrogen-bond donors (Lipinski definition) is 0. The van der Waals surface area contributed by atoms with E-state index in [1.165, 1.54) is 7.11 Å². The van der Waals surface area contributed by atoms with Gasteiger partial charge in [0.05, 0.1) is 0 Å². The monoisotopic (exact) mass is 348 g/mol. The Morgan fingerprint density at radius 2 is 1.21 bits per heavy atom. The van der Waals surface area contributed by atoms with Crippen LogP contribution in [0.2, 0.25) is 0 Å². The summed E-state index contributed by atoms with van der Waals surface area (Å²) in [4.78, 5) is 25.1. The molecular formula is C14H28O4Sr. The Morgan fingerprint density at radius 3 is 1.37 bits per heavy atom. The third kappa shape index (κ3) is 5.21. The van der Waals surface area contributed by atoms with E-state index < -0.39 is 16.6 Å². The Hall–Kier alpha value is 0.741. The summed E-state index contributed by atoms with van der Waals surface area (Å²) in [5.74, 6) is -2.50. The van der Waals surface area contributed by atoms with Crippen LogP contribution in [0.5, 0.6) is 0 Å². The molecular weight excluding hydrogens is 320 g/mol. The van der Waals surface area contributed by atoms with Crippen LogP contribution in [0.3, 0.4) is 0 Å². The van der Waals surface area contributed by atoms with E-state index in [9.17, 15) is 9.59 Å². The van der Waals surface area contributed by atoms with Crippen molar-refractivity contribution in [2.75, 3.05) is 13.7 Å². The van der Waals surface area contributed by atoms with Crippen LogP contribution in [0.25, 0.3) is 0 Å². The van der Waals surface area contributed by atoms with Crippen LogP contribution in [0.4, 0.5) is 0 Å². The van der Waals surface area contributed by atoms with Crippen molar-refractivity contribution in [3.63, 3.8) is 0 Å². The van der Waals surface area contributed by atoms with Gasteiger partial charge in [0.25, 0.3) is 5.79 Å². The quantitative estimate of drug-likeness (QED) is 0.431. The fraction of sp³-hybridized carbons (Fsp3) is 0.857. The van der Waals surface area contributed by atoms with Crippen molar-refractivity contribution in [3.8, 4) is 0 Å². The van der Waals surface area contributed by atoms with Gasteiger partial charge in [-0.2, -0.15) is 0 Å². The summed E-state index contributed by atoms with van der Waals surface area (Å²) >= 11 is 0. The molecule has 0 aromatic heterocycles. The number of ketones is 2. The van der Waals surface area contributed by atoms with E-state index in [2.05, 4.69) is 0 Å². The van der Waals surface area contributed by atoms with E-state index in [0.29, 0.717) is 0 Å². The summed E-state index contributed by atoms with van der Waals surface area (Å²) in [6.45, 7) is 12.5. The number of methoxy groups -OCH3 is 1. The molecule has 4 nitrogen and oxygen atoms in total. The van der Waals surface area contributed by atoms with E-state index >= 15 is 0 Å². The number of ether oxygens (including phenoxy) is 2. The molecule has 0 unspecified atom stereocenters. The third-order valence-corrected chi connectivity index (χ3v) is 2.60. The van der Waals surface area contributed by atoms with Crippen molar-refractivity contribution in [1.29, 1.82) is 0 Å². The van der Waals surface area contributed by atoms with Gasteiger partial charge in [-0.05, 0) is 6.92 Å². The van der Waals surface area contributed by atoms with Crippen molar-refractivity contribution in [1.82, 2.24) is 0 Å². The Kier molecular flexibility index (Phi) is 8.89. The van der Waals surface area contributed by atoms with Gasteiger partial charge in [0.2, 0.25) is 11.6 Å². The zero-order valence-electron chi connectivity index (χ0n) is 12.8. The Morgan fingerprint density at radius 1 is 0.895 bits per heavy atom.